The molecule has 54 heavy (non-hydrogen) atoms. The molecule has 0 amide bonds. The molecule has 0 spiro atoms. The maximum Gasteiger partial charge on any atom is 0.0215 e. The lowest BCUT2D eigenvalue weighted by molar-refractivity contribution is 0.777. The molecule has 0 saturated carbocycles. The summed E-state index contributed by atoms with van der Waals surface area (Å²) in [6.45, 7) is 14.0. The van der Waals surface area contributed by atoms with Gasteiger partial charge < -0.3 is 0 Å². The summed E-state index contributed by atoms with van der Waals surface area (Å²) in [4.78, 5) is 9.05. The van der Waals surface area contributed by atoms with Crippen LogP contribution in [-0.2, 0) is 0 Å². The molecule has 0 atom stereocenters. The summed E-state index contributed by atoms with van der Waals surface area (Å²) >= 11 is 12.7. The molecule has 0 N–H and O–H groups in total. The SMILES string of the molecule is CCCCCSc1cc2c3cc(SCCCCC)c(SCCCCC)cc3c3cc(SCCCCC)c(SCCCCC)cc3c2cc1SCCCCC. The molecule has 0 aliphatic rings. The molecule has 0 aromatic heterocycles. The zero-order chi connectivity index (χ0) is 38.4. The molecule has 0 unspecified atom stereocenters. The highest BCUT2D eigenvalue weighted by Gasteiger charge is 2.19. The van der Waals surface area contributed by atoms with Crippen molar-refractivity contribution in [2.24, 2.45) is 0 Å². The van der Waals surface area contributed by atoms with E-state index in [-0.39, 0.29) is 0 Å². The molecule has 0 nitrogen and oxygen atoms in total. The molecule has 0 saturated heterocycles. The Balaban J connectivity index is 2.00. The average molecular weight is 842 g/mol. The van der Waals surface area contributed by atoms with Crippen LogP contribution in [0.3, 0.4) is 0 Å². The quantitative estimate of drug-likeness (QED) is 0.0289. The third kappa shape index (κ3) is 14.5. The van der Waals surface area contributed by atoms with Crippen LogP contribution in [0.4, 0.5) is 0 Å². The molecular formula is C48H72S6. The van der Waals surface area contributed by atoms with Gasteiger partial charge in [-0.05, 0) is 142 Å². The molecule has 4 rings (SSSR count). The van der Waals surface area contributed by atoms with E-state index >= 15 is 0 Å². The second-order valence-electron chi connectivity index (χ2n) is 14.9. The first-order chi connectivity index (χ1) is 26.6. The third-order valence-corrected chi connectivity index (χ3v) is 17.4. The molecule has 0 aliphatic carbocycles. The molecular weight excluding hydrogens is 769 g/mol. The minimum atomic E-state index is 1.21. The van der Waals surface area contributed by atoms with Gasteiger partial charge in [0.25, 0.3) is 0 Å². The monoisotopic (exact) mass is 840 g/mol. The Hall–Kier alpha value is -0.240. The second-order valence-corrected chi connectivity index (χ2v) is 21.7. The van der Waals surface area contributed by atoms with Crippen molar-refractivity contribution in [3.63, 3.8) is 0 Å². The smallest absolute Gasteiger partial charge is 0.0215 e. The number of fused-ring (bicyclic) bond motifs is 6. The van der Waals surface area contributed by atoms with E-state index in [9.17, 15) is 0 Å². The van der Waals surface area contributed by atoms with E-state index in [1.54, 1.807) is 0 Å². The van der Waals surface area contributed by atoms with Gasteiger partial charge in [0.1, 0.15) is 0 Å². The van der Waals surface area contributed by atoms with Crippen LogP contribution in [0.15, 0.2) is 65.8 Å². The normalized spacial score (nSPS) is 11.9. The van der Waals surface area contributed by atoms with Gasteiger partial charge in [-0.2, -0.15) is 0 Å². The van der Waals surface area contributed by atoms with Crippen LogP contribution in [0.5, 0.6) is 0 Å². The minimum Gasteiger partial charge on any atom is -0.125 e. The van der Waals surface area contributed by atoms with Crippen LogP contribution >= 0.6 is 70.6 Å². The van der Waals surface area contributed by atoms with Crippen LogP contribution in [0.2, 0.25) is 0 Å². The topological polar surface area (TPSA) is 0 Å². The average Bonchev–Trinajstić information content (AvgIpc) is 3.19. The van der Waals surface area contributed by atoms with Crippen molar-refractivity contribution >= 4 is 103 Å². The maximum atomic E-state index is 2.64. The van der Waals surface area contributed by atoms with E-state index in [4.69, 9.17) is 0 Å². The number of hydrogen-bond acceptors (Lipinski definition) is 6. The zero-order valence-corrected chi connectivity index (χ0v) is 39.8. The highest BCUT2D eigenvalue weighted by atomic mass is 32.2. The van der Waals surface area contributed by atoms with E-state index in [0.717, 1.165) is 0 Å². The van der Waals surface area contributed by atoms with Crippen LogP contribution in [0.1, 0.15) is 157 Å². The first-order valence-corrected chi connectivity index (χ1v) is 27.8. The highest BCUT2D eigenvalue weighted by molar-refractivity contribution is 8.03. The lowest BCUT2D eigenvalue weighted by atomic mass is 9.94. The van der Waals surface area contributed by atoms with Crippen molar-refractivity contribution in [1.82, 2.24) is 0 Å². The lowest BCUT2D eigenvalue weighted by Crippen LogP contribution is -1.93. The predicted molar refractivity (Wildman–Crippen MR) is 260 cm³/mol. The standard InChI is InChI=1S/C48H72S6/c1-7-13-19-25-49-43-31-37-38(32-44(43)50-26-20-14-8-2)40-34-46(52-28-22-16-10-4)48(54-30-24-18-12-6)36-42(40)41-35-47(53-29-23-17-11-5)45(33-39(37)41)51-27-21-15-9-3/h31-36H,7-30H2,1-6H3. The number of thioether (sulfide) groups is 6. The van der Waals surface area contributed by atoms with E-state index in [0.29, 0.717) is 0 Å². The Morgan fingerprint density at radius 3 is 0.519 bits per heavy atom. The predicted octanol–water partition coefficient (Wildman–Crippen LogP) is 18.8. The van der Waals surface area contributed by atoms with Crippen molar-refractivity contribution in [2.75, 3.05) is 34.5 Å². The fourth-order valence-corrected chi connectivity index (χ4v) is 13.8. The van der Waals surface area contributed by atoms with Gasteiger partial charge >= 0.3 is 0 Å². The van der Waals surface area contributed by atoms with Crippen LogP contribution < -0.4 is 0 Å². The van der Waals surface area contributed by atoms with Gasteiger partial charge in [-0.3, -0.25) is 0 Å². The van der Waals surface area contributed by atoms with Crippen LogP contribution in [0.25, 0.3) is 32.3 Å². The van der Waals surface area contributed by atoms with Gasteiger partial charge in [0.05, 0.1) is 0 Å². The van der Waals surface area contributed by atoms with Gasteiger partial charge in [0.2, 0.25) is 0 Å². The van der Waals surface area contributed by atoms with Crippen molar-refractivity contribution < 1.29 is 0 Å². The lowest BCUT2D eigenvalue weighted by Gasteiger charge is -2.20. The fourth-order valence-electron chi connectivity index (χ4n) is 6.90. The van der Waals surface area contributed by atoms with Gasteiger partial charge in [0, 0.05) is 29.4 Å². The Bertz CT molecular complexity index is 1320. The summed E-state index contributed by atoms with van der Waals surface area (Å²) in [6.07, 6.45) is 23.4. The van der Waals surface area contributed by atoms with Gasteiger partial charge in [-0.15, -0.1) is 70.6 Å². The molecule has 0 radical (unpaired) electrons. The molecule has 6 heteroatoms. The number of rotatable bonds is 30. The molecule has 0 bridgehead atoms. The van der Waals surface area contributed by atoms with E-state index in [1.807, 2.05) is 0 Å². The van der Waals surface area contributed by atoms with E-state index < -0.39 is 0 Å². The summed E-state index contributed by atoms with van der Waals surface area (Å²) in [5.74, 6) is 7.26. The van der Waals surface area contributed by atoms with Gasteiger partial charge in [-0.25, -0.2) is 0 Å². The summed E-state index contributed by atoms with van der Waals surface area (Å²) in [7, 11) is 0. The largest absolute Gasteiger partial charge is 0.125 e. The fraction of sp³-hybridized carbons (Fsp3) is 0.625. The Morgan fingerprint density at radius 2 is 0.389 bits per heavy atom. The summed E-state index contributed by atoms with van der Waals surface area (Å²) in [5, 5.41) is 8.81. The minimum absolute atomic E-state index is 1.21. The van der Waals surface area contributed by atoms with Gasteiger partial charge in [0.15, 0.2) is 0 Å². The molecule has 4 aromatic rings. The molecule has 0 fully saturated rings. The van der Waals surface area contributed by atoms with Crippen molar-refractivity contribution in [2.45, 2.75) is 186 Å². The second kappa shape index (κ2) is 27.4. The van der Waals surface area contributed by atoms with Crippen molar-refractivity contribution in [3.8, 4) is 0 Å². The zero-order valence-electron chi connectivity index (χ0n) is 34.9. The molecule has 4 aromatic carbocycles. The summed E-state index contributed by atoms with van der Waals surface area (Å²) in [5.41, 5.74) is 0. The van der Waals surface area contributed by atoms with E-state index in [2.05, 4.69) is 149 Å². The Labute approximate surface area is 357 Å². The molecule has 0 aliphatic heterocycles. The first-order valence-electron chi connectivity index (χ1n) is 21.9. The number of unbranched alkanes of at least 4 members (excludes halogenated alkanes) is 12. The number of benzene rings is 4. The Morgan fingerprint density at radius 1 is 0.241 bits per heavy atom. The molecule has 0 heterocycles. The highest BCUT2D eigenvalue weighted by Crippen LogP contribution is 2.47. The first kappa shape index (κ1) is 46.4. The van der Waals surface area contributed by atoms with Crippen LogP contribution in [0, 0.1) is 0 Å². The Kier molecular flexibility index (Phi) is 23.6. The number of hydrogen-bond donors (Lipinski definition) is 0. The van der Waals surface area contributed by atoms with Crippen molar-refractivity contribution in [1.29, 1.82) is 0 Å². The maximum absolute atomic E-state index is 2.64. The molecule has 300 valence electrons. The van der Waals surface area contributed by atoms with Crippen molar-refractivity contribution in [3.05, 3.63) is 36.4 Å². The third-order valence-electron chi connectivity index (χ3n) is 10.2. The summed E-state index contributed by atoms with van der Waals surface area (Å²) < 4.78 is 0. The van der Waals surface area contributed by atoms with Gasteiger partial charge in [-0.1, -0.05) is 119 Å². The summed E-state index contributed by atoms with van der Waals surface area (Å²) in [6, 6.07) is 15.8. The van der Waals surface area contributed by atoms with Crippen LogP contribution in [-0.4, -0.2) is 34.5 Å². The van der Waals surface area contributed by atoms with E-state index in [1.165, 1.54) is 212 Å².